The first-order valence-corrected chi connectivity index (χ1v) is 22.7. The Morgan fingerprint density at radius 3 is 1.26 bits per heavy atom. The van der Waals surface area contributed by atoms with Crippen LogP contribution in [0.4, 0.5) is 0 Å². The number of piperidine rings is 2. The maximum Gasteiger partial charge on any atom is 0.255 e. The molecule has 0 bridgehead atoms. The second-order valence-electron chi connectivity index (χ2n) is 17.4. The van der Waals surface area contributed by atoms with Crippen LogP contribution in [0.15, 0.2) is 84.9 Å². The predicted molar refractivity (Wildman–Crippen MR) is 239 cm³/mol. The minimum Gasteiger partial charge on any atom is -0.489 e. The van der Waals surface area contributed by atoms with E-state index < -0.39 is 23.9 Å². The van der Waals surface area contributed by atoms with Crippen molar-refractivity contribution in [2.45, 2.75) is 77.2 Å². The van der Waals surface area contributed by atoms with Crippen molar-refractivity contribution in [3.63, 3.8) is 0 Å². The molecule has 10 rings (SSSR count). The number of amides is 6. The van der Waals surface area contributed by atoms with Gasteiger partial charge in [-0.3, -0.25) is 49.2 Å². The van der Waals surface area contributed by atoms with Gasteiger partial charge in [0.05, 0.1) is 39.5 Å². The molecule has 6 aliphatic heterocycles. The number of hydrogen-bond donors (Lipinski definition) is 2. The lowest BCUT2D eigenvalue weighted by atomic mass is 10.0. The Balaban J connectivity index is 0.000000166. The normalized spacial score (nSPS) is 21.2. The Morgan fingerprint density at radius 1 is 0.500 bits per heavy atom. The van der Waals surface area contributed by atoms with Gasteiger partial charge in [0.1, 0.15) is 36.8 Å². The van der Waals surface area contributed by atoms with Crippen molar-refractivity contribution >= 4 is 35.4 Å². The van der Waals surface area contributed by atoms with E-state index in [9.17, 15) is 28.8 Å². The average Bonchev–Trinajstić information content (AvgIpc) is 3.85. The highest BCUT2D eigenvalue weighted by molar-refractivity contribution is 6.06. The molecule has 0 aromatic heterocycles. The van der Waals surface area contributed by atoms with Crippen LogP contribution in [0.1, 0.15) is 79.8 Å². The summed E-state index contributed by atoms with van der Waals surface area (Å²) in [7, 11) is 0. The number of imide groups is 2. The van der Waals surface area contributed by atoms with E-state index in [1.54, 1.807) is 34.1 Å². The highest BCUT2D eigenvalue weighted by atomic mass is 16.5. The molecule has 344 valence electrons. The van der Waals surface area contributed by atoms with Crippen molar-refractivity contribution in [1.82, 2.24) is 30.2 Å². The molecule has 6 heterocycles. The summed E-state index contributed by atoms with van der Waals surface area (Å²) in [5.41, 5.74) is 7.29. The zero-order valence-corrected chi connectivity index (χ0v) is 36.8. The van der Waals surface area contributed by atoms with Gasteiger partial charge in [0, 0.05) is 74.4 Å². The highest BCUT2D eigenvalue weighted by Crippen LogP contribution is 2.35. The van der Waals surface area contributed by atoms with Crippen molar-refractivity contribution in [2.24, 2.45) is 0 Å². The van der Waals surface area contributed by atoms with Gasteiger partial charge in [-0.25, -0.2) is 0 Å². The number of carbonyl (C=O) groups excluding carboxylic acids is 6. The maximum atomic E-state index is 12.9. The summed E-state index contributed by atoms with van der Waals surface area (Å²) >= 11 is 0. The third-order valence-corrected chi connectivity index (χ3v) is 12.9. The summed E-state index contributed by atoms with van der Waals surface area (Å²) in [6.07, 6.45) is 1.16. The fourth-order valence-electron chi connectivity index (χ4n) is 9.22. The molecule has 0 saturated carbocycles. The minimum atomic E-state index is -0.630. The van der Waals surface area contributed by atoms with Gasteiger partial charge in [0.2, 0.25) is 23.6 Å². The van der Waals surface area contributed by atoms with Crippen LogP contribution in [0.25, 0.3) is 0 Å². The van der Waals surface area contributed by atoms with Crippen LogP contribution in [0.2, 0.25) is 0 Å². The van der Waals surface area contributed by atoms with Gasteiger partial charge >= 0.3 is 0 Å². The fourth-order valence-corrected chi connectivity index (χ4v) is 9.22. The zero-order chi connectivity index (χ0) is 45.6. The van der Waals surface area contributed by atoms with Crippen LogP contribution in [-0.2, 0) is 68.0 Å². The number of morpholine rings is 2. The Kier molecular flexibility index (Phi) is 13.8. The van der Waals surface area contributed by atoms with Crippen molar-refractivity contribution < 1.29 is 47.7 Å². The van der Waals surface area contributed by atoms with Crippen molar-refractivity contribution in [2.75, 3.05) is 52.6 Å². The number of ether oxygens (including phenoxy) is 4. The summed E-state index contributed by atoms with van der Waals surface area (Å²) < 4.78 is 23.0. The van der Waals surface area contributed by atoms with Crippen LogP contribution in [-0.4, -0.2) is 120 Å². The molecule has 4 aromatic carbocycles. The molecule has 0 spiro atoms. The molecule has 2 atom stereocenters. The number of nitrogens with one attached hydrogen (secondary N) is 2. The van der Waals surface area contributed by atoms with Crippen LogP contribution < -0.4 is 20.1 Å². The Morgan fingerprint density at radius 2 is 0.879 bits per heavy atom. The number of benzene rings is 4. The van der Waals surface area contributed by atoms with Gasteiger partial charge in [-0.2, -0.15) is 0 Å². The lowest BCUT2D eigenvalue weighted by Crippen LogP contribution is -2.52. The minimum absolute atomic E-state index is 0.197. The van der Waals surface area contributed by atoms with Crippen LogP contribution in [0.3, 0.4) is 0 Å². The van der Waals surface area contributed by atoms with Crippen molar-refractivity contribution in [3.8, 4) is 11.5 Å². The summed E-state index contributed by atoms with van der Waals surface area (Å²) in [6.45, 7) is 10.2. The van der Waals surface area contributed by atoms with Gasteiger partial charge < -0.3 is 28.7 Å². The third kappa shape index (κ3) is 10.3. The predicted octanol–water partition coefficient (Wildman–Crippen LogP) is 3.72. The molecule has 4 saturated heterocycles. The number of rotatable bonds is 12. The van der Waals surface area contributed by atoms with Gasteiger partial charge in [0.15, 0.2) is 0 Å². The largest absolute Gasteiger partial charge is 0.489 e. The van der Waals surface area contributed by atoms with E-state index in [0.717, 1.165) is 87.9 Å². The molecule has 6 aliphatic rings. The molecule has 4 fully saturated rings. The Bertz CT molecular complexity index is 2300. The second-order valence-corrected chi connectivity index (χ2v) is 17.4. The topological polar surface area (TPSA) is 176 Å². The molecule has 0 radical (unpaired) electrons. The van der Waals surface area contributed by atoms with Crippen molar-refractivity contribution in [1.29, 1.82) is 0 Å². The first-order valence-electron chi connectivity index (χ1n) is 22.7. The van der Waals surface area contributed by atoms with Gasteiger partial charge in [0.25, 0.3) is 11.8 Å². The lowest BCUT2D eigenvalue weighted by Gasteiger charge is -2.29. The Labute approximate surface area is 383 Å². The first-order chi connectivity index (χ1) is 32.2. The smallest absolute Gasteiger partial charge is 0.255 e. The summed E-state index contributed by atoms with van der Waals surface area (Å²) in [5, 5.41) is 4.67. The second kappa shape index (κ2) is 20.4. The molecular weight excluding hydrogens is 845 g/mol. The molecule has 4 aromatic rings. The average molecular weight is 899 g/mol. The van der Waals surface area contributed by atoms with E-state index in [1.807, 2.05) is 12.1 Å². The maximum absolute atomic E-state index is 12.9. The number of hydrogen-bond acceptors (Lipinski definition) is 12. The number of fused-ring (bicyclic) bond motifs is 2. The summed E-state index contributed by atoms with van der Waals surface area (Å²) in [4.78, 5) is 81.2. The zero-order valence-electron chi connectivity index (χ0n) is 36.8. The van der Waals surface area contributed by atoms with E-state index >= 15 is 0 Å². The molecular formula is C50H54N6O10. The highest BCUT2D eigenvalue weighted by Gasteiger charge is 2.41. The third-order valence-electron chi connectivity index (χ3n) is 12.9. The quantitative estimate of drug-likeness (QED) is 0.198. The molecule has 16 nitrogen and oxygen atoms in total. The molecule has 2 unspecified atom stereocenters. The Hall–Kier alpha value is -6.46. The lowest BCUT2D eigenvalue weighted by molar-refractivity contribution is -0.138. The first kappa shape index (κ1) is 44.7. The molecule has 66 heavy (non-hydrogen) atoms. The standard InChI is InChI=1S/2C25H27N3O5/c2*29-23-9-8-21(24(30)26-23)28-15-20-19(25(28)31)2-1-3-22(20)33-16-18-6-4-17(5-7-18)14-27-10-12-32-13-11-27/h2*1-7,21H,8-16H2,(H,26,29,30). The molecule has 16 heteroatoms. The van der Waals surface area contributed by atoms with Crippen molar-refractivity contribution in [3.05, 3.63) is 129 Å². The number of carbonyl (C=O) groups is 6. The van der Waals surface area contributed by atoms with Gasteiger partial charge in [-0.1, -0.05) is 60.7 Å². The van der Waals surface area contributed by atoms with Gasteiger partial charge in [-0.05, 0) is 59.4 Å². The van der Waals surface area contributed by atoms with E-state index in [1.165, 1.54) is 11.1 Å². The SMILES string of the molecule is O=C1CCC(N2Cc3c(OCc4ccc(CN5CCOCC5)cc4)cccc3C2=O)C(=O)N1.O=C1CCC(N2Cc3c(OCc4ccc(CN5CCOCC5)cc4)cccc3C2=O)C(=O)N1. The van der Waals surface area contributed by atoms with Crippen LogP contribution >= 0.6 is 0 Å². The molecule has 6 amide bonds. The monoisotopic (exact) mass is 898 g/mol. The number of nitrogens with zero attached hydrogens (tertiary/aromatic N) is 4. The molecule has 0 aliphatic carbocycles. The van der Waals surface area contributed by atoms with E-state index in [2.05, 4.69) is 69.0 Å². The molecule has 2 N–H and O–H groups in total. The van der Waals surface area contributed by atoms with Crippen LogP contribution in [0.5, 0.6) is 11.5 Å². The van der Waals surface area contributed by atoms with Crippen LogP contribution in [0, 0.1) is 0 Å². The van der Waals surface area contributed by atoms with E-state index in [-0.39, 0.29) is 36.5 Å². The van der Waals surface area contributed by atoms with E-state index in [0.29, 0.717) is 61.8 Å². The fraction of sp³-hybridized carbons (Fsp3) is 0.400. The van der Waals surface area contributed by atoms with Gasteiger partial charge in [-0.15, -0.1) is 0 Å². The summed E-state index contributed by atoms with van der Waals surface area (Å²) in [6, 6.07) is 26.3. The summed E-state index contributed by atoms with van der Waals surface area (Å²) in [5.74, 6) is -0.504. The van der Waals surface area contributed by atoms with E-state index in [4.69, 9.17) is 18.9 Å².